The van der Waals surface area contributed by atoms with Gasteiger partial charge in [-0.2, -0.15) is 0 Å². The summed E-state index contributed by atoms with van der Waals surface area (Å²) in [6.07, 6.45) is 7.81. The third-order valence-corrected chi connectivity index (χ3v) is 6.11. The van der Waals surface area contributed by atoms with Crippen molar-refractivity contribution in [3.63, 3.8) is 0 Å². The van der Waals surface area contributed by atoms with Crippen molar-refractivity contribution in [1.82, 2.24) is 15.0 Å². The molecule has 2 heterocycles. The molecule has 0 radical (unpaired) electrons. The molecule has 0 spiro atoms. The van der Waals surface area contributed by atoms with E-state index in [-0.39, 0.29) is 0 Å². The smallest absolute Gasteiger partial charge is 0.166 e. The zero-order valence-corrected chi connectivity index (χ0v) is 18.0. The molecule has 4 rings (SSSR count). The zero-order valence-electron chi connectivity index (χ0n) is 17.2. The highest BCUT2D eigenvalue weighted by atomic mass is 32.2. The highest BCUT2D eigenvalue weighted by molar-refractivity contribution is 7.99. The van der Waals surface area contributed by atoms with Crippen LogP contribution in [0.25, 0.3) is 22.5 Å². The molecule has 0 bridgehead atoms. The molecule has 0 unspecified atom stereocenters. The number of nitrogens with zero attached hydrogens (tertiary/aromatic N) is 2. The second kappa shape index (κ2) is 9.16. The van der Waals surface area contributed by atoms with Crippen LogP contribution >= 0.6 is 11.8 Å². The number of H-pyrrole nitrogens is 1. The monoisotopic (exact) mass is 428 g/mol. The lowest BCUT2D eigenvalue weighted by Gasteiger charge is -2.23. The van der Waals surface area contributed by atoms with Gasteiger partial charge in [-0.1, -0.05) is 44.9 Å². The van der Waals surface area contributed by atoms with E-state index in [0.717, 1.165) is 30.3 Å². The summed E-state index contributed by atoms with van der Waals surface area (Å²) in [7, 11) is 0. The fourth-order valence-electron chi connectivity index (χ4n) is 3.84. The van der Waals surface area contributed by atoms with Crippen molar-refractivity contribution in [2.45, 2.75) is 62.4 Å². The predicted molar refractivity (Wildman–Crippen MR) is 119 cm³/mol. The number of aromatic nitrogens is 3. The summed E-state index contributed by atoms with van der Waals surface area (Å²) in [6.45, 7) is 4.15. The van der Waals surface area contributed by atoms with E-state index >= 15 is 0 Å². The topological polar surface area (TPSA) is 53.6 Å². The molecule has 0 saturated heterocycles. The standard InChI is InChI=1S/C23H26F2N4S/c1-14(2)30-23-28-21(22(29-23)18-9-8-16(24)13-19(18)25)15-10-11-26-20(12-15)27-17-6-4-3-5-7-17/h8-14,17H,3-7H2,1-2H3,(H,26,27)(H,28,29). The molecule has 2 N–H and O–H groups in total. The molecule has 1 fully saturated rings. The van der Waals surface area contributed by atoms with Crippen molar-refractivity contribution >= 4 is 17.6 Å². The molecule has 0 aliphatic heterocycles. The highest BCUT2D eigenvalue weighted by Crippen LogP contribution is 2.36. The maximum absolute atomic E-state index is 14.6. The van der Waals surface area contributed by atoms with Gasteiger partial charge in [-0.25, -0.2) is 18.7 Å². The van der Waals surface area contributed by atoms with Crippen LogP contribution in [0.2, 0.25) is 0 Å². The van der Waals surface area contributed by atoms with Gasteiger partial charge in [-0.3, -0.25) is 0 Å². The number of hydrogen-bond donors (Lipinski definition) is 2. The van der Waals surface area contributed by atoms with Gasteiger partial charge in [0.25, 0.3) is 0 Å². The van der Waals surface area contributed by atoms with Gasteiger partial charge < -0.3 is 10.3 Å². The van der Waals surface area contributed by atoms with E-state index in [4.69, 9.17) is 4.98 Å². The van der Waals surface area contributed by atoms with Crippen LogP contribution < -0.4 is 5.32 Å². The van der Waals surface area contributed by atoms with Crippen molar-refractivity contribution in [3.8, 4) is 22.5 Å². The number of aromatic amines is 1. The van der Waals surface area contributed by atoms with Crippen LogP contribution in [0.15, 0.2) is 41.7 Å². The molecule has 158 valence electrons. The lowest BCUT2D eigenvalue weighted by Crippen LogP contribution is -2.22. The fraction of sp³-hybridized carbons (Fsp3) is 0.391. The van der Waals surface area contributed by atoms with E-state index in [0.29, 0.717) is 33.4 Å². The lowest BCUT2D eigenvalue weighted by molar-refractivity contribution is 0.462. The number of pyridine rings is 1. The summed E-state index contributed by atoms with van der Waals surface area (Å²) < 4.78 is 28.0. The first kappa shape index (κ1) is 20.8. The molecule has 2 aromatic heterocycles. The molecule has 3 aromatic rings. The fourth-order valence-corrected chi connectivity index (χ4v) is 4.59. The molecular formula is C23H26F2N4S. The minimum absolute atomic E-state index is 0.299. The first-order valence-electron chi connectivity index (χ1n) is 10.4. The normalized spacial score (nSPS) is 15.0. The van der Waals surface area contributed by atoms with Gasteiger partial charge in [0.05, 0.1) is 11.4 Å². The summed E-state index contributed by atoms with van der Waals surface area (Å²) in [4.78, 5) is 12.4. The Balaban J connectivity index is 1.72. The van der Waals surface area contributed by atoms with E-state index in [1.165, 1.54) is 31.4 Å². The van der Waals surface area contributed by atoms with E-state index in [9.17, 15) is 8.78 Å². The third-order valence-electron chi connectivity index (χ3n) is 5.22. The lowest BCUT2D eigenvalue weighted by atomic mass is 9.95. The Morgan fingerprint density at radius 2 is 1.90 bits per heavy atom. The van der Waals surface area contributed by atoms with Crippen LogP contribution in [-0.2, 0) is 0 Å². The molecule has 1 aliphatic carbocycles. The Hall–Kier alpha value is -2.41. The number of halogens is 2. The first-order chi connectivity index (χ1) is 14.5. The van der Waals surface area contributed by atoms with Gasteiger partial charge in [0, 0.05) is 34.7 Å². The molecule has 0 amide bonds. The average molecular weight is 429 g/mol. The first-order valence-corrected chi connectivity index (χ1v) is 11.3. The number of anilines is 1. The second-order valence-electron chi connectivity index (χ2n) is 7.97. The Bertz CT molecular complexity index is 1010. The van der Waals surface area contributed by atoms with Crippen LogP contribution in [0.1, 0.15) is 46.0 Å². The Kier molecular flexibility index (Phi) is 6.37. The van der Waals surface area contributed by atoms with E-state index in [2.05, 4.69) is 29.1 Å². The highest BCUT2D eigenvalue weighted by Gasteiger charge is 2.20. The minimum atomic E-state index is -0.615. The molecule has 1 aliphatic rings. The molecular weight excluding hydrogens is 402 g/mol. The minimum Gasteiger partial charge on any atom is -0.367 e. The van der Waals surface area contributed by atoms with Crippen molar-refractivity contribution in [1.29, 1.82) is 0 Å². The third kappa shape index (κ3) is 4.83. The van der Waals surface area contributed by atoms with E-state index in [1.54, 1.807) is 18.0 Å². The van der Waals surface area contributed by atoms with Crippen LogP contribution in [0.5, 0.6) is 0 Å². The maximum atomic E-state index is 14.6. The number of hydrogen-bond acceptors (Lipinski definition) is 4. The van der Waals surface area contributed by atoms with Gasteiger partial charge in [0.15, 0.2) is 5.16 Å². The van der Waals surface area contributed by atoms with Crippen LogP contribution in [0.3, 0.4) is 0 Å². The Labute approximate surface area is 179 Å². The van der Waals surface area contributed by atoms with E-state index < -0.39 is 11.6 Å². The summed E-state index contributed by atoms with van der Waals surface area (Å²) in [6, 6.07) is 7.88. The van der Waals surface area contributed by atoms with Crippen LogP contribution in [0.4, 0.5) is 14.6 Å². The number of nitrogens with one attached hydrogen (secondary N) is 2. The largest absolute Gasteiger partial charge is 0.367 e. The van der Waals surface area contributed by atoms with Gasteiger partial charge >= 0.3 is 0 Å². The SMILES string of the molecule is CC(C)Sc1nc(-c2ccnc(NC3CCCCC3)c2)c(-c2ccc(F)cc2F)[nH]1. The predicted octanol–water partition coefficient (Wildman–Crippen LogP) is 6.66. The van der Waals surface area contributed by atoms with Crippen LogP contribution in [0, 0.1) is 11.6 Å². The van der Waals surface area contributed by atoms with Crippen LogP contribution in [-0.4, -0.2) is 26.2 Å². The zero-order chi connectivity index (χ0) is 21.1. The number of rotatable bonds is 6. The Morgan fingerprint density at radius 1 is 1.10 bits per heavy atom. The van der Waals surface area contributed by atoms with Crippen molar-refractivity contribution < 1.29 is 8.78 Å². The second-order valence-corrected chi connectivity index (χ2v) is 9.53. The van der Waals surface area contributed by atoms with Crippen molar-refractivity contribution in [2.24, 2.45) is 0 Å². The average Bonchev–Trinajstić information content (AvgIpc) is 3.12. The Morgan fingerprint density at radius 3 is 2.63 bits per heavy atom. The molecule has 30 heavy (non-hydrogen) atoms. The van der Waals surface area contributed by atoms with Gasteiger partial charge in [0.1, 0.15) is 17.5 Å². The number of thioether (sulfide) groups is 1. The summed E-state index contributed by atoms with van der Waals surface area (Å²) in [5, 5.41) is 4.55. The van der Waals surface area contributed by atoms with Gasteiger partial charge in [-0.15, -0.1) is 0 Å². The van der Waals surface area contributed by atoms with Gasteiger partial charge in [0.2, 0.25) is 0 Å². The number of imidazole rings is 1. The molecule has 0 atom stereocenters. The summed E-state index contributed by atoms with van der Waals surface area (Å²) in [5.74, 6) is -0.418. The van der Waals surface area contributed by atoms with E-state index in [1.807, 2.05) is 12.1 Å². The van der Waals surface area contributed by atoms with Crippen molar-refractivity contribution in [2.75, 3.05) is 5.32 Å². The molecule has 4 nitrogen and oxygen atoms in total. The van der Waals surface area contributed by atoms with Crippen molar-refractivity contribution in [3.05, 3.63) is 48.2 Å². The molecule has 1 saturated carbocycles. The molecule has 1 aromatic carbocycles. The van der Waals surface area contributed by atoms with Gasteiger partial charge in [-0.05, 0) is 37.1 Å². The molecule has 7 heteroatoms. The summed E-state index contributed by atoms with van der Waals surface area (Å²) in [5.41, 5.74) is 2.32. The summed E-state index contributed by atoms with van der Waals surface area (Å²) >= 11 is 1.57. The quantitative estimate of drug-likeness (QED) is 0.431. The maximum Gasteiger partial charge on any atom is 0.166 e. The number of benzene rings is 1.